The molecule has 1 atom stereocenters. The highest BCUT2D eigenvalue weighted by Crippen LogP contribution is 2.37. The zero-order valence-corrected chi connectivity index (χ0v) is 24.4. The van der Waals surface area contributed by atoms with Crippen molar-refractivity contribution in [3.63, 3.8) is 0 Å². The van der Waals surface area contributed by atoms with Crippen LogP contribution in [0, 0.1) is 16.0 Å². The molecule has 2 aromatic heterocycles. The molecule has 2 aromatic rings. The van der Waals surface area contributed by atoms with Gasteiger partial charge >= 0.3 is 5.97 Å². The lowest BCUT2D eigenvalue weighted by Crippen LogP contribution is -2.31. The highest BCUT2D eigenvalue weighted by Gasteiger charge is 2.30. The lowest BCUT2D eigenvalue weighted by Gasteiger charge is -2.35. The second kappa shape index (κ2) is 13.7. The van der Waals surface area contributed by atoms with Crippen molar-refractivity contribution >= 4 is 53.7 Å². The number of aromatic nitrogens is 2. The molecule has 0 aliphatic carbocycles. The summed E-state index contributed by atoms with van der Waals surface area (Å²) in [6.07, 6.45) is 3.09. The Kier molecular flexibility index (Phi) is 12.4. The summed E-state index contributed by atoms with van der Waals surface area (Å²) in [6, 6.07) is 3.27. The predicted octanol–water partition coefficient (Wildman–Crippen LogP) is 5.34. The van der Waals surface area contributed by atoms with E-state index in [9.17, 15) is 9.59 Å². The number of rotatable bonds is 10. The van der Waals surface area contributed by atoms with Crippen LogP contribution in [0.1, 0.15) is 61.8 Å². The molecule has 0 saturated heterocycles. The molecule has 10 heteroatoms. The van der Waals surface area contributed by atoms with Crippen molar-refractivity contribution in [3.05, 3.63) is 54.2 Å². The van der Waals surface area contributed by atoms with E-state index in [0.717, 1.165) is 15.7 Å². The Morgan fingerprint density at radius 1 is 1.29 bits per heavy atom. The Balaban J connectivity index is 0.00000578. The van der Waals surface area contributed by atoms with E-state index in [1.54, 1.807) is 27.2 Å². The third-order valence-electron chi connectivity index (χ3n) is 5.33. The lowest BCUT2D eigenvalue weighted by atomic mass is 9.82. The van der Waals surface area contributed by atoms with E-state index in [4.69, 9.17) is 25.8 Å². The zero-order valence-electron chi connectivity index (χ0n) is 20.5. The second-order valence-electron chi connectivity index (χ2n) is 8.78. The topological polar surface area (TPSA) is 79.7 Å². The molecule has 0 unspecified atom stereocenters. The molecule has 0 aliphatic heterocycles. The van der Waals surface area contributed by atoms with Crippen molar-refractivity contribution in [1.29, 1.82) is 0 Å². The van der Waals surface area contributed by atoms with Gasteiger partial charge in [-0.25, -0.2) is 9.78 Å². The standard InChI is InChI=1S/C24H32ClIN2O5.H2S/c1-7-32-23(30)20-15(2)28(10-9-17(20)29)19(24(3,4)5)14-16-13-18(21(25)27-22(16)26)33-12-8-11-31-6;/h9-10,13,19H,7-8,11-12,14H2,1-6H3;1H2/t19-;/m0./s1. The monoisotopic (exact) mass is 624 g/mol. The molecule has 0 N–H and O–H groups in total. The number of nitrogens with zero attached hydrogens (tertiary/aromatic N) is 2. The van der Waals surface area contributed by atoms with E-state index >= 15 is 0 Å². The van der Waals surface area contributed by atoms with Crippen LogP contribution in [0.4, 0.5) is 0 Å². The Morgan fingerprint density at radius 3 is 2.56 bits per heavy atom. The number of esters is 1. The van der Waals surface area contributed by atoms with Gasteiger partial charge in [0.25, 0.3) is 0 Å². The third kappa shape index (κ3) is 7.86. The molecule has 0 radical (unpaired) electrons. The Morgan fingerprint density at radius 2 is 1.97 bits per heavy atom. The van der Waals surface area contributed by atoms with E-state index in [-0.39, 0.29) is 42.6 Å². The number of ether oxygens (including phenoxy) is 3. The minimum absolute atomic E-state index is 0. The summed E-state index contributed by atoms with van der Waals surface area (Å²) in [7, 11) is 1.65. The van der Waals surface area contributed by atoms with Crippen LogP contribution in [-0.4, -0.2) is 42.5 Å². The summed E-state index contributed by atoms with van der Waals surface area (Å²) in [5.74, 6) is -0.0730. The van der Waals surface area contributed by atoms with Gasteiger partial charge in [0, 0.05) is 44.1 Å². The summed E-state index contributed by atoms with van der Waals surface area (Å²) in [6.45, 7) is 11.1. The van der Waals surface area contributed by atoms with Crippen molar-refractivity contribution in [2.75, 3.05) is 26.9 Å². The molecular formula is C24H34ClIN2O5S. The minimum atomic E-state index is -0.600. The third-order valence-corrected chi connectivity index (χ3v) is 6.54. The van der Waals surface area contributed by atoms with Crippen molar-refractivity contribution in [2.24, 2.45) is 5.41 Å². The van der Waals surface area contributed by atoms with Crippen LogP contribution < -0.4 is 10.2 Å². The molecule has 190 valence electrons. The number of hydrogen-bond donors (Lipinski definition) is 0. The molecule has 0 aliphatic rings. The first kappa shape index (κ1) is 30.7. The summed E-state index contributed by atoms with van der Waals surface area (Å²) >= 11 is 8.49. The predicted molar refractivity (Wildman–Crippen MR) is 148 cm³/mol. The largest absolute Gasteiger partial charge is 0.490 e. The van der Waals surface area contributed by atoms with Crippen LogP contribution in [0.25, 0.3) is 0 Å². The van der Waals surface area contributed by atoms with Crippen LogP contribution in [0.5, 0.6) is 5.75 Å². The minimum Gasteiger partial charge on any atom is -0.490 e. The fourth-order valence-corrected chi connectivity index (χ4v) is 4.54. The van der Waals surface area contributed by atoms with Crippen LogP contribution in [-0.2, 0) is 15.9 Å². The van der Waals surface area contributed by atoms with Crippen LogP contribution in [0.3, 0.4) is 0 Å². The molecule has 7 nitrogen and oxygen atoms in total. The molecule has 0 saturated carbocycles. The summed E-state index contributed by atoms with van der Waals surface area (Å²) < 4.78 is 18.8. The Labute approximate surface area is 227 Å². The second-order valence-corrected chi connectivity index (χ2v) is 10.2. The zero-order chi connectivity index (χ0) is 24.8. The summed E-state index contributed by atoms with van der Waals surface area (Å²) in [5.41, 5.74) is 1.07. The maximum absolute atomic E-state index is 12.5. The molecule has 0 spiro atoms. The summed E-state index contributed by atoms with van der Waals surface area (Å²) in [5, 5.41) is 0.317. The first-order valence-electron chi connectivity index (χ1n) is 10.9. The number of carbonyl (C=O) groups is 1. The van der Waals surface area contributed by atoms with Crippen molar-refractivity contribution in [1.82, 2.24) is 9.55 Å². The molecular weight excluding hydrogens is 591 g/mol. The Bertz CT molecular complexity index is 1040. The van der Waals surface area contributed by atoms with Gasteiger partial charge in [0.15, 0.2) is 16.3 Å². The van der Waals surface area contributed by atoms with Crippen molar-refractivity contribution < 1.29 is 19.0 Å². The number of halogens is 2. The van der Waals surface area contributed by atoms with Gasteiger partial charge in [0.2, 0.25) is 0 Å². The first-order chi connectivity index (χ1) is 15.5. The van der Waals surface area contributed by atoms with Crippen molar-refractivity contribution in [2.45, 2.75) is 53.5 Å². The maximum atomic E-state index is 12.5. The first-order valence-corrected chi connectivity index (χ1v) is 12.3. The van der Waals surface area contributed by atoms with E-state index < -0.39 is 5.97 Å². The van der Waals surface area contributed by atoms with Gasteiger partial charge in [-0.15, -0.1) is 0 Å². The molecule has 2 rings (SSSR count). The number of hydrogen-bond acceptors (Lipinski definition) is 6. The fraction of sp³-hybridized carbons (Fsp3) is 0.542. The SMILES string of the molecule is CCOC(=O)c1c(C)n([C@@H](Cc2cc(OCCCOC)c(Cl)nc2I)C(C)(C)C)ccc1=O.S. The number of carbonyl (C=O) groups excluding carboxylic acids is 1. The van der Waals surface area contributed by atoms with Crippen molar-refractivity contribution in [3.8, 4) is 5.75 Å². The average Bonchev–Trinajstić information content (AvgIpc) is 2.72. The fourth-order valence-electron chi connectivity index (χ4n) is 3.59. The van der Waals surface area contributed by atoms with E-state index in [1.807, 2.05) is 10.6 Å². The Hall–Kier alpha value is -1.30. The normalized spacial score (nSPS) is 12.1. The molecule has 0 amide bonds. The van der Waals surface area contributed by atoms with Gasteiger partial charge in [-0.05, 0) is 59.9 Å². The molecule has 0 bridgehead atoms. The van der Waals surface area contributed by atoms with Gasteiger partial charge in [-0.1, -0.05) is 32.4 Å². The van der Waals surface area contributed by atoms with E-state index in [2.05, 4.69) is 48.3 Å². The smallest absolute Gasteiger partial charge is 0.343 e. The highest BCUT2D eigenvalue weighted by molar-refractivity contribution is 14.1. The maximum Gasteiger partial charge on any atom is 0.343 e. The van der Waals surface area contributed by atoms with Gasteiger partial charge in [0.1, 0.15) is 9.26 Å². The lowest BCUT2D eigenvalue weighted by molar-refractivity contribution is 0.0521. The quantitative estimate of drug-likeness (QED) is 0.154. The van der Waals surface area contributed by atoms with Gasteiger partial charge in [-0.2, -0.15) is 13.5 Å². The van der Waals surface area contributed by atoms with Gasteiger partial charge in [-0.3, -0.25) is 4.79 Å². The summed E-state index contributed by atoms with van der Waals surface area (Å²) in [4.78, 5) is 29.4. The average molecular weight is 625 g/mol. The van der Waals surface area contributed by atoms with Crippen LogP contribution >= 0.6 is 47.7 Å². The highest BCUT2D eigenvalue weighted by atomic mass is 127. The molecule has 0 fully saturated rings. The molecule has 34 heavy (non-hydrogen) atoms. The number of methoxy groups -OCH3 is 1. The van der Waals surface area contributed by atoms with E-state index in [0.29, 0.717) is 36.2 Å². The molecule has 2 heterocycles. The van der Waals surface area contributed by atoms with Gasteiger partial charge < -0.3 is 18.8 Å². The van der Waals surface area contributed by atoms with Gasteiger partial charge in [0.05, 0.1) is 13.2 Å². The van der Waals surface area contributed by atoms with E-state index in [1.165, 1.54) is 6.07 Å². The molecule has 0 aromatic carbocycles. The number of pyridine rings is 2. The van der Waals surface area contributed by atoms with Crippen LogP contribution in [0.15, 0.2) is 23.1 Å². The van der Waals surface area contributed by atoms with Crippen LogP contribution in [0.2, 0.25) is 5.15 Å².